The molecule has 0 bridgehead atoms. The summed E-state index contributed by atoms with van der Waals surface area (Å²) in [6.45, 7) is 5.11. The van der Waals surface area contributed by atoms with Crippen LogP contribution in [0.25, 0.3) is 0 Å². The number of amides is 1. The molecule has 25 heavy (non-hydrogen) atoms. The number of likely N-dealkylation sites (tertiary alicyclic amines) is 1. The van der Waals surface area contributed by atoms with Gasteiger partial charge in [0.05, 0.1) is 6.04 Å². The van der Waals surface area contributed by atoms with Crippen LogP contribution in [0.2, 0.25) is 0 Å². The molecule has 1 unspecified atom stereocenters. The third-order valence-electron chi connectivity index (χ3n) is 4.94. The molecule has 1 atom stereocenters. The fourth-order valence-electron chi connectivity index (χ4n) is 3.45. The van der Waals surface area contributed by atoms with Crippen molar-refractivity contribution in [1.82, 2.24) is 10.2 Å². The smallest absolute Gasteiger partial charge is 0.220 e. The van der Waals surface area contributed by atoms with E-state index < -0.39 is 0 Å². The average Bonchev–Trinajstić information content (AvgIpc) is 3.31. The molecule has 3 nitrogen and oxygen atoms in total. The number of thiophene rings is 1. The number of hydrogen-bond acceptors (Lipinski definition) is 3. The Morgan fingerprint density at radius 3 is 2.64 bits per heavy atom. The minimum atomic E-state index is 0.174. The number of benzene rings is 1. The number of nitrogens with one attached hydrogen (secondary N) is 1. The van der Waals surface area contributed by atoms with Gasteiger partial charge in [-0.3, -0.25) is 9.69 Å². The van der Waals surface area contributed by atoms with Crippen LogP contribution in [0.1, 0.15) is 47.7 Å². The lowest BCUT2D eigenvalue weighted by Gasteiger charge is -2.26. The molecule has 1 aliphatic rings. The van der Waals surface area contributed by atoms with E-state index in [2.05, 4.69) is 58.9 Å². The van der Waals surface area contributed by atoms with E-state index >= 15 is 0 Å². The van der Waals surface area contributed by atoms with Gasteiger partial charge >= 0.3 is 0 Å². The lowest BCUT2D eigenvalue weighted by atomic mass is 10.1. The lowest BCUT2D eigenvalue weighted by Crippen LogP contribution is -2.36. The Kier molecular flexibility index (Phi) is 6.65. The summed E-state index contributed by atoms with van der Waals surface area (Å²) in [4.78, 5) is 16.1. The van der Waals surface area contributed by atoms with E-state index in [1.807, 2.05) is 0 Å². The minimum absolute atomic E-state index is 0.174. The number of carbonyl (C=O) groups is 1. The number of carbonyl (C=O) groups excluding carboxylic acids is 1. The zero-order valence-electron chi connectivity index (χ0n) is 15.0. The first kappa shape index (κ1) is 18.2. The van der Waals surface area contributed by atoms with Crippen molar-refractivity contribution in [2.75, 3.05) is 19.6 Å². The van der Waals surface area contributed by atoms with Crippen LogP contribution in [-0.4, -0.2) is 30.4 Å². The Hall–Kier alpha value is -1.65. The fraction of sp³-hybridized carbons (Fsp3) is 0.476. The first-order valence-corrected chi connectivity index (χ1v) is 10.2. The minimum Gasteiger partial charge on any atom is -0.354 e. The van der Waals surface area contributed by atoms with Gasteiger partial charge < -0.3 is 5.32 Å². The first-order chi connectivity index (χ1) is 12.2. The molecule has 4 heteroatoms. The second-order valence-electron chi connectivity index (χ2n) is 6.92. The monoisotopic (exact) mass is 356 g/mol. The summed E-state index contributed by atoms with van der Waals surface area (Å²) >= 11 is 1.79. The maximum Gasteiger partial charge on any atom is 0.220 e. The van der Waals surface area contributed by atoms with Crippen molar-refractivity contribution in [3.05, 3.63) is 57.8 Å². The van der Waals surface area contributed by atoms with Gasteiger partial charge in [0.1, 0.15) is 0 Å². The fourth-order valence-corrected chi connectivity index (χ4v) is 4.31. The zero-order valence-corrected chi connectivity index (χ0v) is 15.9. The van der Waals surface area contributed by atoms with E-state index in [0.717, 1.165) is 32.5 Å². The van der Waals surface area contributed by atoms with Crippen molar-refractivity contribution in [2.24, 2.45) is 0 Å². The molecule has 1 fully saturated rings. The van der Waals surface area contributed by atoms with Crippen molar-refractivity contribution in [3.8, 4) is 0 Å². The van der Waals surface area contributed by atoms with Crippen molar-refractivity contribution < 1.29 is 4.79 Å². The third kappa shape index (κ3) is 5.41. The highest BCUT2D eigenvalue weighted by molar-refractivity contribution is 7.10. The normalized spacial score (nSPS) is 16.0. The van der Waals surface area contributed by atoms with Gasteiger partial charge in [-0.15, -0.1) is 11.3 Å². The highest BCUT2D eigenvalue weighted by Crippen LogP contribution is 2.27. The van der Waals surface area contributed by atoms with E-state index in [9.17, 15) is 4.79 Å². The van der Waals surface area contributed by atoms with Crippen molar-refractivity contribution >= 4 is 17.2 Å². The highest BCUT2D eigenvalue weighted by Gasteiger charge is 2.24. The first-order valence-electron chi connectivity index (χ1n) is 9.32. The molecular formula is C21H28N2OS. The molecule has 2 heterocycles. The van der Waals surface area contributed by atoms with Gasteiger partial charge in [-0.2, -0.15) is 0 Å². The molecule has 1 aromatic carbocycles. The molecule has 134 valence electrons. The molecule has 0 aliphatic carbocycles. The summed E-state index contributed by atoms with van der Waals surface area (Å²) in [6.07, 6.45) is 5.01. The molecule has 0 radical (unpaired) electrons. The second kappa shape index (κ2) is 9.16. The molecule has 1 aliphatic heterocycles. The Labute approximate surface area is 155 Å². The molecular weight excluding hydrogens is 328 g/mol. The number of hydrogen-bond donors (Lipinski definition) is 1. The maximum atomic E-state index is 12.3. The van der Waals surface area contributed by atoms with Gasteiger partial charge in [-0.05, 0) is 62.7 Å². The molecule has 1 aromatic heterocycles. The van der Waals surface area contributed by atoms with E-state index in [4.69, 9.17) is 0 Å². The molecule has 0 saturated carbocycles. The summed E-state index contributed by atoms with van der Waals surface area (Å²) in [6, 6.07) is 13.2. The Bertz CT molecular complexity index is 645. The van der Waals surface area contributed by atoms with Crippen molar-refractivity contribution in [1.29, 1.82) is 0 Å². The van der Waals surface area contributed by atoms with Gasteiger partial charge in [0.25, 0.3) is 0 Å². The van der Waals surface area contributed by atoms with Gasteiger partial charge in [0.15, 0.2) is 0 Å². The second-order valence-corrected chi connectivity index (χ2v) is 7.90. The van der Waals surface area contributed by atoms with E-state index in [0.29, 0.717) is 12.5 Å². The van der Waals surface area contributed by atoms with Crippen LogP contribution in [-0.2, 0) is 11.2 Å². The van der Waals surface area contributed by atoms with Gasteiger partial charge in [0.2, 0.25) is 5.91 Å². The standard InChI is InChI=1S/C21H28N2OS/c1-17-9-11-18(12-10-17)6-4-8-21(24)22-16-19(20-7-5-15-25-20)23-13-2-3-14-23/h5,7,9-12,15,19H,2-4,6,8,13-14,16H2,1H3,(H,22,24). The SMILES string of the molecule is Cc1ccc(CCCC(=O)NCC(c2cccs2)N2CCCC2)cc1. The van der Waals surface area contributed by atoms with Gasteiger partial charge in [0, 0.05) is 17.8 Å². The molecule has 3 rings (SSSR count). The quantitative estimate of drug-likeness (QED) is 0.763. The van der Waals surface area contributed by atoms with E-state index in [1.165, 1.54) is 28.8 Å². The Morgan fingerprint density at radius 2 is 1.96 bits per heavy atom. The van der Waals surface area contributed by atoms with E-state index in [1.54, 1.807) is 11.3 Å². The van der Waals surface area contributed by atoms with Crippen LogP contribution >= 0.6 is 11.3 Å². The summed E-state index contributed by atoms with van der Waals surface area (Å²) in [5.74, 6) is 0.174. The average molecular weight is 357 g/mol. The van der Waals surface area contributed by atoms with Crippen LogP contribution in [0.4, 0.5) is 0 Å². The molecule has 0 spiro atoms. The van der Waals surface area contributed by atoms with Crippen LogP contribution in [0.3, 0.4) is 0 Å². The lowest BCUT2D eigenvalue weighted by molar-refractivity contribution is -0.121. The summed E-state index contributed by atoms with van der Waals surface area (Å²) < 4.78 is 0. The third-order valence-corrected chi connectivity index (χ3v) is 5.91. The van der Waals surface area contributed by atoms with Crippen LogP contribution in [0.5, 0.6) is 0 Å². The van der Waals surface area contributed by atoms with Crippen LogP contribution < -0.4 is 5.32 Å². The number of nitrogens with zero attached hydrogens (tertiary/aromatic N) is 1. The maximum absolute atomic E-state index is 12.3. The predicted molar refractivity (Wildman–Crippen MR) is 105 cm³/mol. The molecule has 2 aromatic rings. The Morgan fingerprint density at radius 1 is 1.20 bits per heavy atom. The van der Waals surface area contributed by atoms with Gasteiger partial charge in [-0.1, -0.05) is 35.9 Å². The summed E-state index contributed by atoms with van der Waals surface area (Å²) in [5, 5.41) is 5.30. The topological polar surface area (TPSA) is 32.3 Å². The van der Waals surface area contributed by atoms with Crippen molar-refractivity contribution in [3.63, 3.8) is 0 Å². The van der Waals surface area contributed by atoms with Crippen molar-refractivity contribution in [2.45, 2.75) is 45.1 Å². The summed E-state index contributed by atoms with van der Waals surface area (Å²) in [7, 11) is 0. The molecule has 1 amide bonds. The van der Waals surface area contributed by atoms with E-state index in [-0.39, 0.29) is 5.91 Å². The number of rotatable bonds is 8. The predicted octanol–water partition coefficient (Wildman–Crippen LogP) is 4.33. The van der Waals surface area contributed by atoms with Gasteiger partial charge in [-0.25, -0.2) is 0 Å². The summed E-state index contributed by atoms with van der Waals surface area (Å²) in [5.41, 5.74) is 2.59. The highest BCUT2D eigenvalue weighted by atomic mass is 32.1. The molecule has 1 saturated heterocycles. The zero-order chi connectivity index (χ0) is 17.5. The van der Waals surface area contributed by atoms with Crippen LogP contribution in [0, 0.1) is 6.92 Å². The van der Waals surface area contributed by atoms with Crippen LogP contribution in [0.15, 0.2) is 41.8 Å². The Balaban J connectivity index is 1.44. The largest absolute Gasteiger partial charge is 0.354 e. The molecule has 1 N–H and O–H groups in total. The number of aryl methyl sites for hydroxylation is 2.